The number of carboxylic acid groups (broad SMARTS) is 1. The minimum absolute atomic E-state index is 0.0451. The summed E-state index contributed by atoms with van der Waals surface area (Å²) >= 11 is 6.05. The van der Waals surface area contributed by atoms with E-state index >= 15 is 0 Å². The largest absolute Gasteiger partial charge is 0.478 e. The Labute approximate surface area is 600 Å². The lowest BCUT2D eigenvalue weighted by molar-refractivity contribution is 0.0517. The third-order valence-corrected chi connectivity index (χ3v) is 17.8. The number of halogens is 1. The van der Waals surface area contributed by atoms with Gasteiger partial charge in [0.05, 0.1) is 84.0 Å². The van der Waals surface area contributed by atoms with Gasteiger partial charge in [0.1, 0.15) is 0 Å². The van der Waals surface area contributed by atoms with E-state index in [1.165, 1.54) is 25.7 Å². The zero-order valence-corrected chi connectivity index (χ0v) is 60.6. The highest BCUT2D eigenvalue weighted by Gasteiger charge is 2.17. The normalized spacial score (nSPS) is 13.5. The van der Waals surface area contributed by atoms with Gasteiger partial charge in [-0.2, -0.15) is 35.7 Å². The molecule has 18 nitrogen and oxygen atoms in total. The van der Waals surface area contributed by atoms with Gasteiger partial charge in [-0.05, 0) is 248 Å². The van der Waals surface area contributed by atoms with E-state index in [1.54, 1.807) is 62.9 Å². The minimum atomic E-state index is -0.918. The number of carbonyl (C=O) groups is 4. The van der Waals surface area contributed by atoms with E-state index in [4.69, 9.17) is 35.7 Å². The Kier molecular flexibility index (Phi) is 26.6. The summed E-state index contributed by atoms with van der Waals surface area (Å²) in [5.74, 6) is -1.57. The highest BCUT2D eigenvalue weighted by atomic mass is 35.5. The molecule has 1 amide bonds. The molecular weight excluding hydrogens is 1300 g/mol. The topological polar surface area (TPSA) is 241 Å². The number of fused-ring (bicyclic) bond motifs is 4. The maximum Gasteiger partial charge on any atom is 0.338 e. The van der Waals surface area contributed by atoms with E-state index in [2.05, 4.69) is 91.1 Å². The van der Waals surface area contributed by atoms with Gasteiger partial charge in [-0.15, -0.1) is 5.10 Å². The zero-order chi connectivity index (χ0) is 73.0. The van der Waals surface area contributed by atoms with Crippen molar-refractivity contribution >= 4 is 78.5 Å². The summed E-state index contributed by atoms with van der Waals surface area (Å²) < 4.78 is 20.5. The van der Waals surface area contributed by atoms with Crippen molar-refractivity contribution in [2.75, 3.05) is 33.0 Å². The van der Waals surface area contributed by atoms with Gasteiger partial charge in [0.25, 0.3) is 5.91 Å². The van der Waals surface area contributed by atoms with E-state index in [-0.39, 0.29) is 17.8 Å². The fraction of sp³-hybridized carbons (Fsp3) is 0.277. The lowest BCUT2D eigenvalue weighted by Crippen LogP contribution is -2.22. The van der Waals surface area contributed by atoms with Gasteiger partial charge in [-0.25, -0.2) is 14.4 Å². The van der Waals surface area contributed by atoms with Crippen LogP contribution in [0.4, 0.5) is 0 Å². The SMILES string of the molecule is CC1CCCO1.CC1CCCO1.CCNC(=O)c1ccc(C)c(-c2ccc3c(C)nncc3c2)c1.CCOC(=O)c1ccc(C)c(-c2ccc3c(C)nncc3c2)c1.CCOC(=O)c1ccc(C)c(-c2ccc3c(Cl)nncc3c2)c1.Cc1ccc(C(=O)O)cc1-c1ccc2c(C)nncc2c1. The number of hydrogen-bond donors (Lipinski definition) is 2. The first-order chi connectivity index (χ1) is 49.1. The van der Waals surface area contributed by atoms with Crippen molar-refractivity contribution in [1.29, 1.82) is 0 Å². The second kappa shape index (κ2) is 36.0. The van der Waals surface area contributed by atoms with Gasteiger partial charge in [0, 0.05) is 68.4 Å². The number of rotatable bonds is 11. The first-order valence-corrected chi connectivity index (χ1v) is 34.6. The molecule has 2 aliphatic heterocycles. The van der Waals surface area contributed by atoms with Crippen LogP contribution in [-0.2, 0) is 18.9 Å². The first kappa shape index (κ1) is 75.4. The number of carboxylic acids is 1. The molecule has 2 fully saturated rings. The van der Waals surface area contributed by atoms with Crippen molar-refractivity contribution < 1.29 is 43.2 Å². The summed E-state index contributed by atoms with van der Waals surface area (Å²) in [6, 6.07) is 46.4. The molecule has 12 aromatic rings. The molecule has 0 bridgehead atoms. The predicted molar refractivity (Wildman–Crippen MR) is 404 cm³/mol. The Morgan fingerprint density at radius 1 is 0.441 bits per heavy atom. The smallest absolute Gasteiger partial charge is 0.338 e. The molecule has 2 saturated heterocycles. The minimum Gasteiger partial charge on any atom is -0.478 e. The van der Waals surface area contributed by atoms with Gasteiger partial charge >= 0.3 is 17.9 Å². The van der Waals surface area contributed by atoms with Crippen molar-refractivity contribution in [1.82, 2.24) is 46.1 Å². The van der Waals surface area contributed by atoms with Gasteiger partial charge < -0.3 is 29.4 Å². The van der Waals surface area contributed by atoms with Crippen LogP contribution in [0.2, 0.25) is 5.15 Å². The van der Waals surface area contributed by atoms with Crippen molar-refractivity contribution in [2.45, 2.75) is 121 Å². The van der Waals surface area contributed by atoms with Crippen LogP contribution in [0.25, 0.3) is 87.6 Å². The number of esters is 2. The summed E-state index contributed by atoms with van der Waals surface area (Å²) in [4.78, 5) is 47.1. The Balaban J connectivity index is 0.000000149. The summed E-state index contributed by atoms with van der Waals surface area (Å²) in [5.41, 5.74) is 17.2. The third kappa shape index (κ3) is 19.6. The molecule has 19 heteroatoms. The first-order valence-electron chi connectivity index (χ1n) is 34.2. The highest BCUT2D eigenvalue weighted by Crippen LogP contribution is 2.34. The molecular formula is C83H86ClN9O9. The number of hydrogen-bond acceptors (Lipinski definition) is 16. The van der Waals surface area contributed by atoms with Gasteiger partial charge in [-0.1, -0.05) is 84.4 Å². The molecule has 6 heterocycles. The van der Waals surface area contributed by atoms with Crippen molar-refractivity contribution in [2.24, 2.45) is 0 Å². The lowest BCUT2D eigenvalue weighted by atomic mass is 9.96. The number of aromatic carboxylic acids is 1. The van der Waals surface area contributed by atoms with E-state index < -0.39 is 5.97 Å². The number of amides is 1. The molecule has 0 radical (unpaired) electrons. The average molecular weight is 1390 g/mol. The van der Waals surface area contributed by atoms with E-state index in [1.807, 2.05) is 146 Å². The summed E-state index contributed by atoms with van der Waals surface area (Å²) in [6.45, 7) is 27.0. The number of nitrogens with one attached hydrogen (secondary N) is 1. The quantitative estimate of drug-likeness (QED) is 0.114. The molecule has 0 aliphatic carbocycles. The lowest BCUT2D eigenvalue weighted by Gasteiger charge is -2.10. The second-order valence-electron chi connectivity index (χ2n) is 25.0. The Morgan fingerprint density at radius 3 is 1.09 bits per heavy atom. The van der Waals surface area contributed by atoms with Gasteiger partial charge in [-0.3, -0.25) is 4.79 Å². The van der Waals surface area contributed by atoms with Crippen molar-refractivity contribution in [3.8, 4) is 44.5 Å². The molecule has 14 rings (SSSR count). The number of carbonyl (C=O) groups excluding carboxylic acids is 3. The van der Waals surface area contributed by atoms with E-state index in [9.17, 15) is 19.2 Å². The molecule has 2 unspecified atom stereocenters. The molecule has 2 atom stereocenters. The maximum atomic E-state index is 12.1. The second-order valence-corrected chi connectivity index (χ2v) is 25.4. The van der Waals surface area contributed by atoms with Crippen LogP contribution in [0.15, 0.2) is 170 Å². The standard InChI is InChI=1S/C19H19N3O.C19H18N2O2.C18H15ClN2O2.C17H14N2O2.2C5H10O/c1-4-20-19(23)15-6-5-12(2)18(10-15)14-7-8-17-13(3)22-21-11-16(17)9-14;1-4-23-19(22)15-6-5-12(2)18(10-15)14-7-8-17-13(3)21-20-11-16(17)9-14;1-3-23-18(22)13-5-4-11(2)16(9-13)12-6-7-15-14(8-12)10-20-21-17(15)19;1-10-3-4-13(17(20)21)8-16(10)12-5-6-15-11(2)19-18-9-14(15)7-12;2*1-5-3-2-4-6-5/h5-11H,4H2,1-3H3,(H,20,23);5-11H,4H2,1-3H3;4-10H,3H2,1-2H3;3-9H,1-2H3,(H,20,21);2*5H,2-4H2,1H3. The summed E-state index contributed by atoms with van der Waals surface area (Å²) in [5, 5.41) is 52.4. The Hall–Kier alpha value is -10.8. The van der Waals surface area contributed by atoms with Crippen LogP contribution in [0, 0.1) is 48.5 Å². The zero-order valence-electron chi connectivity index (χ0n) is 59.9. The predicted octanol–water partition coefficient (Wildman–Crippen LogP) is 18.2. The molecule has 2 N–H and O–H groups in total. The Bertz CT molecular complexity index is 4610. The summed E-state index contributed by atoms with van der Waals surface area (Å²) in [6.07, 6.45) is 13.1. The number of ether oxygens (including phenoxy) is 4. The van der Waals surface area contributed by atoms with Crippen LogP contribution in [-0.4, -0.2) is 115 Å². The van der Waals surface area contributed by atoms with E-state index in [0.29, 0.717) is 59.4 Å². The fourth-order valence-electron chi connectivity index (χ4n) is 11.8. The van der Waals surface area contributed by atoms with Crippen LogP contribution < -0.4 is 5.32 Å². The van der Waals surface area contributed by atoms with Crippen LogP contribution in [0.1, 0.15) is 141 Å². The fourth-order valence-corrected chi connectivity index (χ4v) is 12.1. The van der Waals surface area contributed by atoms with Crippen molar-refractivity contribution in [3.63, 3.8) is 0 Å². The molecule has 0 saturated carbocycles. The van der Waals surface area contributed by atoms with Crippen molar-refractivity contribution in [3.05, 3.63) is 237 Å². The number of nitrogens with zero attached hydrogens (tertiary/aromatic N) is 8. The molecule has 102 heavy (non-hydrogen) atoms. The number of aryl methyl sites for hydroxylation is 7. The van der Waals surface area contributed by atoms with Gasteiger partial charge in [0.2, 0.25) is 0 Å². The number of benzene rings is 8. The van der Waals surface area contributed by atoms with Crippen LogP contribution >= 0.6 is 11.6 Å². The van der Waals surface area contributed by atoms with Crippen LogP contribution in [0.3, 0.4) is 0 Å². The Morgan fingerprint density at radius 2 is 0.765 bits per heavy atom. The summed E-state index contributed by atoms with van der Waals surface area (Å²) in [7, 11) is 0. The van der Waals surface area contributed by atoms with Crippen LogP contribution in [0.5, 0.6) is 0 Å². The maximum absolute atomic E-state index is 12.1. The highest BCUT2D eigenvalue weighted by molar-refractivity contribution is 6.34. The third-order valence-electron chi connectivity index (χ3n) is 17.5. The monoisotopic (exact) mass is 1390 g/mol. The molecule has 2 aliphatic rings. The van der Waals surface area contributed by atoms with Gasteiger partial charge in [0.15, 0.2) is 5.15 Å². The molecule has 4 aromatic heterocycles. The average Bonchev–Trinajstić information content (AvgIpc) is 0.848. The number of aromatic nitrogens is 8. The van der Waals surface area contributed by atoms with E-state index in [0.717, 1.165) is 140 Å². The molecule has 0 spiro atoms. The molecule has 8 aromatic carbocycles. The molecule has 524 valence electrons.